The van der Waals surface area contributed by atoms with E-state index in [1.807, 2.05) is 12.1 Å². The molecule has 0 radical (unpaired) electrons. The molecule has 2 saturated heterocycles. The number of hydrogen-bond donors (Lipinski definition) is 1. The fraction of sp³-hybridized carbons (Fsp3) is 0.350. The van der Waals surface area contributed by atoms with Crippen LogP contribution in [0.25, 0.3) is 0 Å². The average molecular weight is 401 g/mol. The summed E-state index contributed by atoms with van der Waals surface area (Å²) in [5.74, 6) is 0.621. The number of carbonyl (C=O) groups is 2. The summed E-state index contributed by atoms with van der Waals surface area (Å²) in [6.45, 7) is 3.62. The van der Waals surface area contributed by atoms with Crippen molar-refractivity contribution in [2.24, 2.45) is 0 Å². The summed E-state index contributed by atoms with van der Waals surface area (Å²) in [6.07, 6.45) is 2.95. The molecule has 0 saturated carbocycles. The summed E-state index contributed by atoms with van der Waals surface area (Å²) in [7, 11) is 0. The molecule has 0 atom stereocenters. The maximum absolute atomic E-state index is 12.6. The van der Waals surface area contributed by atoms with Crippen molar-refractivity contribution in [2.45, 2.75) is 12.8 Å². The van der Waals surface area contributed by atoms with Gasteiger partial charge < -0.3 is 19.9 Å². The molecule has 7 nitrogen and oxygen atoms in total. The fourth-order valence-electron chi connectivity index (χ4n) is 3.41. The summed E-state index contributed by atoms with van der Waals surface area (Å²) < 4.78 is 5.35. The summed E-state index contributed by atoms with van der Waals surface area (Å²) in [6, 6.07) is 8.68. The first-order valence-corrected chi connectivity index (χ1v) is 9.69. The summed E-state index contributed by atoms with van der Waals surface area (Å²) in [5, 5.41) is 3.31. The van der Waals surface area contributed by atoms with Gasteiger partial charge in [0.1, 0.15) is 5.82 Å². The molecular weight excluding hydrogens is 380 g/mol. The number of hydrogen-bond acceptors (Lipinski definition) is 5. The minimum atomic E-state index is -0.273. The van der Waals surface area contributed by atoms with Gasteiger partial charge in [-0.1, -0.05) is 11.6 Å². The quantitative estimate of drug-likeness (QED) is 0.854. The van der Waals surface area contributed by atoms with Gasteiger partial charge in [-0.3, -0.25) is 9.59 Å². The van der Waals surface area contributed by atoms with E-state index in [-0.39, 0.29) is 11.8 Å². The number of morpholine rings is 1. The number of anilines is 3. The van der Waals surface area contributed by atoms with Crippen LogP contribution in [-0.4, -0.2) is 49.6 Å². The molecule has 8 heteroatoms. The van der Waals surface area contributed by atoms with Gasteiger partial charge in [0, 0.05) is 31.6 Å². The molecule has 28 heavy (non-hydrogen) atoms. The molecule has 1 N–H and O–H groups in total. The summed E-state index contributed by atoms with van der Waals surface area (Å²) >= 11 is 6.25. The Hall–Kier alpha value is -2.64. The number of rotatable bonds is 4. The highest BCUT2D eigenvalue weighted by Crippen LogP contribution is 2.30. The van der Waals surface area contributed by atoms with Gasteiger partial charge in [-0.15, -0.1) is 0 Å². The Bertz CT molecular complexity index is 882. The minimum absolute atomic E-state index is 0.0300. The number of ether oxygens (including phenoxy) is 1. The Kier molecular flexibility index (Phi) is 5.45. The maximum Gasteiger partial charge on any atom is 0.255 e. The molecule has 1 aromatic carbocycles. The number of nitrogens with zero attached hydrogens (tertiary/aromatic N) is 3. The number of pyridine rings is 1. The Morgan fingerprint density at radius 2 is 1.96 bits per heavy atom. The normalized spacial score (nSPS) is 17.1. The summed E-state index contributed by atoms with van der Waals surface area (Å²) in [5.41, 5.74) is 1.63. The number of nitrogens with one attached hydrogen (secondary N) is 1. The van der Waals surface area contributed by atoms with Gasteiger partial charge in [-0.2, -0.15) is 0 Å². The van der Waals surface area contributed by atoms with Crippen LogP contribution in [0.5, 0.6) is 0 Å². The van der Waals surface area contributed by atoms with E-state index in [4.69, 9.17) is 16.3 Å². The molecule has 0 aliphatic carbocycles. The van der Waals surface area contributed by atoms with E-state index in [1.54, 1.807) is 29.3 Å². The van der Waals surface area contributed by atoms with Gasteiger partial charge in [0.2, 0.25) is 5.91 Å². The van der Waals surface area contributed by atoms with Crippen LogP contribution in [0.2, 0.25) is 5.02 Å². The van der Waals surface area contributed by atoms with Crippen LogP contribution in [0.4, 0.5) is 17.2 Å². The Balaban J connectivity index is 1.47. The van der Waals surface area contributed by atoms with Gasteiger partial charge in [0.05, 0.1) is 35.8 Å². The molecule has 1 aromatic heterocycles. The standard InChI is InChI=1S/C20H21ClN4O3/c21-16-5-3-14(12-17(16)25-7-1-2-19(25)26)20(27)23-15-4-6-18(22-13-15)24-8-10-28-11-9-24/h3-6,12-13H,1-2,7-11H2,(H,23,27). The Morgan fingerprint density at radius 1 is 1.14 bits per heavy atom. The van der Waals surface area contributed by atoms with Crippen LogP contribution >= 0.6 is 11.6 Å². The zero-order valence-corrected chi connectivity index (χ0v) is 16.1. The minimum Gasteiger partial charge on any atom is -0.378 e. The molecule has 0 bridgehead atoms. The lowest BCUT2D eigenvalue weighted by Crippen LogP contribution is -2.36. The fourth-order valence-corrected chi connectivity index (χ4v) is 3.63. The predicted molar refractivity (Wildman–Crippen MR) is 108 cm³/mol. The van der Waals surface area contributed by atoms with Crippen molar-refractivity contribution in [3.8, 4) is 0 Å². The van der Waals surface area contributed by atoms with Gasteiger partial charge in [-0.05, 0) is 36.8 Å². The monoisotopic (exact) mass is 400 g/mol. The topological polar surface area (TPSA) is 74.8 Å². The largest absolute Gasteiger partial charge is 0.378 e. The number of benzene rings is 1. The number of halogens is 1. The van der Waals surface area contributed by atoms with Crippen LogP contribution < -0.4 is 15.1 Å². The lowest BCUT2D eigenvalue weighted by Gasteiger charge is -2.27. The zero-order valence-electron chi connectivity index (χ0n) is 15.4. The molecule has 2 aliphatic heterocycles. The van der Waals surface area contributed by atoms with E-state index in [2.05, 4.69) is 15.2 Å². The van der Waals surface area contributed by atoms with E-state index >= 15 is 0 Å². The van der Waals surface area contributed by atoms with Crippen molar-refractivity contribution in [1.29, 1.82) is 0 Å². The molecule has 2 aromatic rings. The first-order valence-electron chi connectivity index (χ1n) is 9.32. The van der Waals surface area contributed by atoms with E-state index in [1.165, 1.54) is 0 Å². The van der Waals surface area contributed by atoms with Gasteiger partial charge in [0.25, 0.3) is 5.91 Å². The highest BCUT2D eigenvalue weighted by atomic mass is 35.5. The predicted octanol–water partition coefficient (Wildman–Crippen LogP) is 2.95. The average Bonchev–Trinajstić information content (AvgIpc) is 3.15. The second-order valence-corrected chi connectivity index (χ2v) is 7.18. The van der Waals surface area contributed by atoms with Gasteiger partial charge in [-0.25, -0.2) is 4.98 Å². The zero-order chi connectivity index (χ0) is 19.5. The molecule has 3 heterocycles. The van der Waals surface area contributed by atoms with Crippen molar-refractivity contribution in [2.75, 3.05) is 48.0 Å². The first-order chi connectivity index (χ1) is 13.6. The van der Waals surface area contributed by atoms with Crippen LogP contribution in [0.1, 0.15) is 23.2 Å². The highest BCUT2D eigenvalue weighted by molar-refractivity contribution is 6.34. The first kappa shape index (κ1) is 18.7. The number of carbonyl (C=O) groups excluding carboxylic acids is 2. The second kappa shape index (κ2) is 8.16. The Morgan fingerprint density at radius 3 is 2.64 bits per heavy atom. The SMILES string of the molecule is O=C(Nc1ccc(N2CCOCC2)nc1)c1ccc(Cl)c(N2CCCC2=O)c1. The second-order valence-electron chi connectivity index (χ2n) is 6.77. The van der Waals surface area contributed by atoms with Gasteiger partial charge in [0.15, 0.2) is 0 Å². The third-order valence-corrected chi connectivity index (χ3v) is 5.23. The van der Waals surface area contributed by atoms with Crippen molar-refractivity contribution < 1.29 is 14.3 Å². The van der Waals surface area contributed by atoms with E-state index in [0.29, 0.717) is 48.1 Å². The Labute approximate surface area is 168 Å². The van der Waals surface area contributed by atoms with E-state index in [9.17, 15) is 9.59 Å². The van der Waals surface area contributed by atoms with Gasteiger partial charge >= 0.3 is 0 Å². The molecular formula is C20H21ClN4O3. The number of aromatic nitrogens is 1. The molecule has 2 amide bonds. The van der Waals surface area contributed by atoms with Crippen molar-refractivity contribution >= 4 is 40.6 Å². The van der Waals surface area contributed by atoms with Crippen LogP contribution in [0.15, 0.2) is 36.5 Å². The smallest absolute Gasteiger partial charge is 0.255 e. The highest BCUT2D eigenvalue weighted by Gasteiger charge is 2.24. The van der Waals surface area contributed by atoms with E-state index < -0.39 is 0 Å². The summed E-state index contributed by atoms with van der Waals surface area (Å²) in [4.78, 5) is 32.9. The molecule has 0 spiro atoms. The van der Waals surface area contributed by atoms with Crippen molar-refractivity contribution in [3.63, 3.8) is 0 Å². The van der Waals surface area contributed by atoms with Crippen molar-refractivity contribution in [1.82, 2.24) is 4.98 Å². The van der Waals surface area contributed by atoms with Crippen LogP contribution in [-0.2, 0) is 9.53 Å². The lowest BCUT2D eigenvalue weighted by molar-refractivity contribution is -0.117. The van der Waals surface area contributed by atoms with E-state index in [0.717, 1.165) is 25.3 Å². The third kappa shape index (κ3) is 3.95. The number of amides is 2. The maximum atomic E-state index is 12.6. The third-order valence-electron chi connectivity index (χ3n) is 4.91. The molecule has 4 rings (SSSR count). The molecule has 2 aliphatic rings. The van der Waals surface area contributed by atoms with Crippen molar-refractivity contribution in [3.05, 3.63) is 47.1 Å². The van der Waals surface area contributed by atoms with Crippen LogP contribution in [0.3, 0.4) is 0 Å². The lowest BCUT2D eigenvalue weighted by atomic mass is 10.1. The molecule has 0 unspecified atom stereocenters. The van der Waals surface area contributed by atoms with Crippen LogP contribution in [0, 0.1) is 0 Å². The molecule has 146 valence electrons. The molecule has 2 fully saturated rings.